The number of aliphatic hydroxyl groups is 1. The smallest absolute Gasteiger partial charge is 0.319 e. The van der Waals surface area contributed by atoms with Gasteiger partial charge in [0.15, 0.2) is 6.29 Å². The number of urea groups is 1. The Morgan fingerprint density at radius 1 is 0.698 bits per heavy atom. The molecule has 5 aromatic carbocycles. The number of hydrogen-bond acceptors (Lipinski definition) is 6. The van der Waals surface area contributed by atoms with Crippen molar-refractivity contribution in [2.24, 2.45) is 0 Å². The third-order valence-electron chi connectivity index (χ3n) is 10.0. The van der Waals surface area contributed by atoms with Crippen molar-refractivity contribution < 1.29 is 24.1 Å². The molecule has 0 unspecified atom stereocenters. The third-order valence-corrected chi connectivity index (χ3v) is 10.0. The van der Waals surface area contributed by atoms with Gasteiger partial charge in [-0.3, -0.25) is 0 Å². The molecule has 8 heteroatoms. The number of anilines is 1. The van der Waals surface area contributed by atoms with Crippen LogP contribution in [0.4, 0.5) is 10.5 Å². The summed E-state index contributed by atoms with van der Waals surface area (Å²) < 4.78 is 19.2. The van der Waals surface area contributed by atoms with Gasteiger partial charge in [0.1, 0.15) is 11.5 Å². The number of aliphatic hydroxyl groups excluding tert-OH is 1. The van der Waals surface area contributed by atoms with Crippen LogP contribution >= 0.6 is 0 Å². The summed E-state index contributed by atoms with van der Waals surface area (Å²) in [4.78, 5) is 15.3. The predicted molar refractivity (Wildman–Crippen MR) is 209 cm³/mol. The van der Waals surface area contributed by atoms with Crippen molar-refractivity contribution in [3.63, 3.8) is 0 Å². The lowest BCUT2D eigenvalue weighted by Gasteiger charge is -2.38. The van der Waals surface area contributed by atoms with Crippen molar-refractivity contribution in [3.8, 4) is 22.6 Å². The molecule has 0 spiro atoms. The summed E-state index contributed by atoms with van der Waals surface area (Å²) in [6, 6.07) is 41.3. The summed E-state index contributed by atoms with van der Waals surface area (Å²) in [5.41, 5.74) is 6.79. The summed E-state index contributed by atoms with van der Waals surface area (Å²) in [6.45, 7) is 3.55. The molecule has 274 valence electrons. The largest absolute Gasteiger partial charge is 0.457 e. The van der Waals surface area contributed by atoms with Gasteiger partial charge in [-0.1, -0.05) is 104 Å². The highest BCUT2D eigenvalue weighted by atomic mass is 16.7. The highest BCUT2D eigenvalue weighted by molar-refractivity contribution is 5.89. The molecule has 2 saturated heterocycles. The molecule has 0 aromatic heterocycles. The van der Waals surface area contributed by atoms with Gasteiger partial charge in [-0.15, -0.1) is 0 Å². The molecule has 0 saturated carbocycles. The van der Waals surface area contributed by atoms with Crippen LogP contribution in [0.15, 0.2) is 127 Å². The van der Waals surface area contributed by atoms with Crippen LogP contribution in [0, 0.1) is 0 Å². The minimum atomic E-state index is -0.485. The van der Waals surface area contributed by atoms with Crippen LogP contribution in [0.5, 0.6) is 11.5 Å². The van der Waals surface area contributed by atoms with Crippen LogP contribution in [0.3, 0.4) is 0 Å². The van der Waals surface area contributed by atoms with Gasteiger partial charge in [-0.25, -0.2) is 4.79 Å². The van der Waals surface area contributed by atoms with E-state index in [4.69, 9.17) is 14.2 Å². The molecule has 53 heavy (non-hydrogen) atoms. The maximum Gasteiger partial charge on any atom is 0.319 e. The Morgan fingerprint density at radius 3 is 2.13 bits per heavy atom. The molecule has 5 aromatic rings. The molecule has 8 nitrogen and oxygen atoms in total. The van der Waals surface area contributed by atoms with Gasteiger partial charge in [-0.2, -0.15) is 0 Å². The monoisotopic (exact) mass is 711 g/mol. The summed E-state index contributed by atoms with van der Waals surface area (Å²) in [5.74, 6) is 1.46. The summed E-state index contributed by atoms with van der Waals surface area (Å²) in [5, 5.41) is 15.4. The normalized spacial score (nSPS) is 19.5. The third kappa shape index (κ3) is 10.3. The Morgan fingerprint density at radius 2 is 1.40 bits per heavy atom. The fourth-order valence-electron chi connectivity index (χ4n) is 7.10. The lowest BCUT2D eigenvalue weighted by molar-refractivity contribution is -0.253. The van der Waals surface area contributed by atoms with Crippen molar-refractivity contribution in [3.05, 3.63) is 150 Å². The lowest BCUT2D eigenvalue weighted by atomic mass is 9.98. The van der Waals surface area contributed by atoms with Crippen LogP contribution in [-0.2, 0) is 22.6 Å². The van der Waals surface area contributed by atoms with E-state index >= 15 is 0 Å². The fraction of sp³-hybridized carbons (Fsp3) is 0.311. The van der Waals surface area contributed by atoms with Gasteiger partial charge in [-0.05, 0) is 96.2 Å². The Labute approximate surface area is 312 Å². The molecule has 2 aliphatic heterocycles. The number of para-hydroxylation sites is 1. The molecule has 2 amide bonds. The van der Waals surface area contributed by atoms with Gasteiger partial charge < -0.3 is 34.9 Å². The van der Waals surface area contributed by atoms with Crippen molar-refractivity contribution in [2.75, 3.05) is 25.0 Å². The highest BCUT2D eigenvalue weighted by Gasteiger charge is 2.33. The molecule has 2 aliphatic rings. The zero-order chi connectivity index (χ0) is 36.2. The first kappa shape index (κ1) is 36.4. The molecule has 0 bridgehead atoms. The Hall–Kier alpha value is -4.99. The number of benzene rings is 5. The first-order valence-corrected chi connectivity index (χ1v) is 18.9. The number of rotatable bonds is 11. The average Bonchev–Trinajstić information content (AvgIpc) is 3.19. The van der Waals surface area contributed by atoms with Crippen LogP contribution in [-0.4, -0.2) is 41.8 Å². The number of hydrogen-bond donors (Lipinski definition) is 3. The quantitative estimate of drug-likeness (QED) is 0.126. The number of ether oxygens (including phenoxy) is 3. The van der Waals surface area contributed by atoms with E-state index in [1.54, 1.807) is 0 Å². The van der Waals surface area contributed by atoms with Crippen molar-refractivity contribution in [2.45, 2.75) is 70.2 Å². The lowest BCUT2D eigenvalue weighted by Crippen LogP contribution is -2.40. The van der Waals surface area contributed by atoms with Crippen LogP contribution < -0.4 is 15.4 Å². The van der Waals surface area contributed by atoms with E-state index in [9.17, 15) is 9.90 Å². The summed E-state index contributed by atoms with van der Waals surface area (Å²) >= 11 is 0. The minimum absolute atomic E-state index is 0.0256. The molecule has 2 fully saturated rings. The van der Waals surface area contributed by atoms with E-state index in [0.29, 0.717) is 18.0 Å². The standard InChI is InChI=1S/C45H49N3O5/c49-32-33-14-16-36(17-15-33)43-29-42(31-48-26-7-2-1-3-8-27-48)52-44(53-43)37-20-18-35(19-21-37)38-11-9-10-34(28-38)30-46-45(50)47-39-22-24-41(25-23-39)51-40-12-5-4-6-13-40/h4-6,9-25,28,42-44,49H,1-3,7-8,26-27,29-32H2,(H2,46,47,50)/t42-,43+,44+/m1/s1. The van der Waals surface area contributed by atoms with E-state index < -0.39 is 6.29 Å². The van der Waals surface area contributed by atoms with E-state index in [0.717, 1.165) is 65.2 Å². The second-order valence-corrected chi connectivity index (χ2v) is 14.0. The number of carbonyl (C=O) groups excluding carboxylic acids is 1. The molecule has 3 atom stereocenters. The maximum atomic E-state index is 12.7. The van der Waals surface area contributed by atoms with E-state index in [2.05, 4.69) is 64.1 Å². The number of carbonyl (C=O) groups is 1. The molecule has 3 N–H and O–H groups in total. The molecule has 7 rings (SSSR count). The Balaban J connectivity index is 0.969. The van der Waals surface area contributed by atoms with Crippen molar-refractivity contribution >= 4 is 11.7 Å². The first-order chi connectivity index (χ1) is 26.1. The van der Waals surface area contributed by atoms with Gasteiger partial charge in [0.25, 0.3) is 0 Å². The molecule has 2 heterocycles. The number of amides is 2. The summed E-state index contributed by atoms with van der Waals surface area (Å²) in [6.07, 6.45) is 6.68. The minimum Gasteiger partial charge on any atom is -0.457 e. The molecule has 0 aliphatic carbocycles. The van der Waals surface area contributed by atoms with Crippen LogP contribution in [0.1, 0.15) is 73.2 Å². The fourth-order valence-corrected chi connectivity index (χ4v) is 7.10. The first-order valence-electron chi connectivity index (χ1n) is 18.9. The molecular formula is C45H49N3O5. The molecular weight excluding hydrogens is 663 g/mol. The molecule has 0 radical (unpaired) electrons. The second-order valence-electron chi connectivity index (χ2n) is 14.0. The SMILES string of the molecule is O=C(NCc1cccc(-c2ccc([C@H]3O[C@@H](CN4CCCCCCC4)C[C@@H](c4ccc(CO)cc4)O3)cc2)c1)Nc1ccc(Oc2ccccc2)cc1. The van der Waals surface area contributed by atoms with E-state index in [-0.39, 0.29) is 24.8 Å². The van der Waals surface area contributed by atoms with E-state index in [1.165, 1.54) is 32.1 Å². The van der Waals surface area contributed by atoms with Crippen molar-refractivity contribution in [1.82, 2.24) is 10.2 Å². The van der Waals surface area contributed by atoms with Crippen molar-refractivity contribution in [1.29, 1.82) is 0 Å². The zero-order valence-corrected chi connectivity index (χ0v) is 30.2. The van der Waals surface area contributed by atoms with Crippen LogP contribution in [0.25, 0.3) is 11.1 Å². The van der Waals surface area contributed by atoms with E-state index in [1.807, 2.05) is 78.9 Å². The predicted octanol–water partition coefficient (Wildman–Crippen LogP) is 9.77. The van der Waals surface area contributed by atoms with Gasteiger partial charge in [0, 0.05) is 30.8 Å². The second kappa shape index (κ2) is 18.2. The average molecular weight is 712 g/mol. The van der Waals surface area contributed by atoms with Gasteiger partial charge in [0.2, 0.25) is 0 Å². The number of likely N-dealkylation sites (tertiary alicyclic amines) is 1. The number of nitrogens with zero attached hydrogens (tertiary/aromatic N) is 1. The highest BCUT2D eigenvalue weighted by Crippen LogP contribution is 2.39. The Kier molecular flexibility index (Phi) is 12.5. The topological polar surface area (TPSA) is 92.3 Å². The van der Waals surface area contributed by atoms with Gasteiger partial charge >= 0.3 is 6.03 Å². The number of nitrogens with one attached hydrogen (secondary N) is 2. The van der Waals surface area contributed by atoms with Gasteiger partial charge in [0.05, 0.1) is 18.8 Å². The van der Waals surface area contributed by atoms with Crippen LogP contribution in [0.2, 0.25) is 0 Å². The Bertz CT molecular complexity index is 1880. The summed E-state index contributed by atoms with van der Waals surface area (Å²) in [7, 11) is 0. The zero-order valence-electron chi connectivity index (χ0n) is 30.2. The maximum absolute atomic E-state index is 12.7.